The van der Waals surface area contributed by atoms with Gasteiger partial charge in [-0.2, -0.15) is 4.98 Å². The van der Waals surface area contributed by atoms with Crippen molar-refractivity contribution in [2.45, 2.75) is 71.0 Å². The number of rotatable bonds is 6. The quantitative estimate of drug-likeness (QED) is 0.777. The Balaban J connectivity index is 1.67. The van der Waals surface area contributed by atoms with Crippen molar-refractivity contribution < 1.29 is 4.52 Å². The van der Waals surface area contributed by atoms with Crippen LogP contribution in [0.2, 0.25) is 0 Å². The highest BCUT2D eigenvalue weighted by Crippen LogP contribution is 2.40. The zero-order valence-electron chi connectivity index (χ0n) is 11.6. The standard InChI is InChI=1S/C14H23N3O/c1-9(2)14-15-13(18-16-14)8-17(12-6-7-12)10(3)11-4-5-11/h9-12H,4-8H2,1-3H3/t10-/m0/s1. The highest BCUT2D eigenvalue weighted by Gasteiger charge is 2.39. The fourth-order valence-electron chi connectivity index (χ4n) is 2.58. The molecule has 4 nitrogen and oxygen atoms in total. The van der Waals surface area contributed by atoms with Crippen molar-refractivity contribution in [3.8, 4) is 0 Å². The highest BCUT2D eigenvalue weighted by atomic mass is 16.5. The predicted octanol–water partition coefficient (Wildman–Crippen LogP) is 2.96. The van der Waals surface area contributed by atoms with Crippen molar-refractivity contribution in [1.29, 1.82) is 0 Å². The van der Waals surface area contributed by atoms with Crippen LogP contribution in [0.3, 0.4) is 0 Å². The number of hydrogen-bond donors (Lipinski definition) is 0. The maximum absolute atomic E-state index is 5.38. The molecule has 0 saturated heterocycles. The molecule has 0 unspecified atom stereocenters. The fraction of sp³-hybridized carbons (Fsp3) is 0.857. The molecular weight excluding hydrogens is 226 g/mol. The summed E-state index contributed by atoms with van der Waals surface area (Å²) in [5.41, 5.74) is 0. The first-order valence-electron chi connectivity index (χ1n) is 7.23. The third kappa shape index (κ3) is 2.58. The lowest BCUT2D eigenvalue weighted by Crippen LogP contribution is -2.36. The average molecular weight is 249 g/mol. The molecule has 3 rings (SSSR count). The van der Waals surface area contributed by atoms with Crippen molar-refractivity contribution in [1.82, 2.24) is 15.0 Å². The lowest BCUT2D eigenvalue weighted by atomic mass is 10.2. The summed E-state index contributed by atoms with van der Waals surface area (Å²) in [6.45, 7) is 7.39. The Kier molecular flexibility index (Phi) is 3.14. The summed E-state index contributed by atoms with van der Waals surface area (Å²) < 4.78 is 5.38. The second kappa shape index (κ2) is 4.65. The summed E-state index contributed by atoms with van der Waals surface area (Å²) >= 11 is 0. The molecular formula is C14H23N3O. The molecule has 0 amide bonds. The second-order valence-electron chi connectivity index (χ2n) is 6.18. The van der Waals surface area contributed by atoms with Gasteiger partial charge in [0.15, 0.2) is 5.82 Å². The minimum absolute atomic E-state index is 0.345. The first kappa shape index (κ1) is 12.2. The minimum atomic E-state index is 0.345. The molecule has 2 fully saturated rings. The van der Waals surface area contributed by atoms with Crippen LogP contribution in [0.25, 0.3) is 0 Å². The van der Waals surface area contributed by atoms with Crippen LogP contribution >= 0.6 is 0 Å². The maximum Gasteiger partial charge on any atom is 0.240 e. The number of hydrogen-bond acceptors (Lipinski definition) is 4. The Labute approximate surface area is 109 Å². The van der Waals surface area contributed by atoms with E-state index in [4.69, 9.17) is 4.52 Å². The molecule has 1 atom stereocenters. The van der Waals surface area contributed by atoms with Crippen molar-refractivity contribution in [2.75, 3.05) is 0 Å². The largest absolute Gasteiger partial charge is 0.338 e. The summed E-state index contributed by atoms with van der Waals surface area (Å²) in [7, 11) is 0. The van der Waals surface area contributed by atoms with E-state index in [0.29, 0.717) is 12.0 Å². The van der Waals surface area contributed by atoms with Crippen LogP contribution in [0.5, 0.6) is 0 Å². The summed E-state index contributed by atoms with van der Waals surface area (Å²) in [4.78, 5) is 7.08. The molecule has 2 aliphatic rings. The van der Waals surface area contributed by atoms with Gasteiger partial charge >= 0.3 is 0 Å². The van der Waals surface area contributed by atoms with Crippen LogP contribution in [0.4, 0.5) is 0 Å². The second-order valence-corrected chi connectivity index (χ2v) is 6.18. The van der Waals surface area contributed by atoms with Gasteiger partial charge in [0, 0.05) is 18.0 Å². The molecule has 4 heteroatoms. The van der Waals surface area contributed by atoms with Gasteiger partial charge in [-0.1, -0.05) is 19.0 Å². The molecule has 100 valence electrons. The maximum atomic E-state index is 5.38. The van der Waals surface area contributed by atoms with E-state index in [-0.39, 0.29) is 0 Å². The van der Waals surface area contributed by atoms with Crippen molar-refractivity contribution in [2.24, 2.45) is 5.92 Å². The van der Waals surface area contributed by atoms with Crippen LogP contribution in [0.15, 0.2) is 4.52 Å². The smallest absolute Gasteiger partial charge is 0.240 e. The highest BCUT2D eigenvalue weighted by molar-refractivity contribution is 4.97. The summed E-state index contributed by atoms with van der Waals surface area (Å²) in [6, 6.07) is 1.43. The van der Waals surface area contributed by atoms with Crippen LogP contribution in [-0.2, 0) is 6.54 Å². The van der Waals surface area contributed by atoms with E-state index in [9.17, 15) is 0 Å². The molecule has 18 heavy (non-hydrogen) atoms. The van der Waals surface area contributed by atoms with Gasteiger partial charge in [0.25, 0.3) is 0 Å². The summed E-state index contributed by atoms with van der Waals surface area (Å²) in [5, 5.41) is 4.06. The van der Waals surface area contributed by atoms with E-state index in [2.05, 4.69) is 35.8 Å². The third-order valence-corrected chi connectivity index (χ3v) is 4.16. The van der Waals surface area contributed by atoms with Gasteiger partial charge in [0.1, 0.15) is 0 Å². The Morgan fingerprint density at radius 1 is 1.22 bits per heavy atom. The summed E-state index contributed by atoms with van der Waals surface area (Å²) in [6.07, 6.45) is 5.46. The SMILES string of the molecule is CC(C)c1noc(CN(C2CC2)[C@@H](C)C2CC2)n1. The van der Waals surface area contributed by atoms with Gasteiger partial charge in [-0.15, -0.1) is 0 Å². The topological polar surface area (TPSA) is 42.2 Å². The normalized spacial score (nSPS) is 21.8. The molecule has 0 radical (unpaired) electrons. The van der Waals surface area contributed by atoms with Gasteiger partial charge in [-0.3, -0.25) is 4.90 Å². The van der Waals surface area contributed by atoms with Gasteiger partial charge in [0.2, 0.25) is 5.89 Å². The molecule has 2 aliphatic carbocycles. The van der Waals surface area contributed by atoms with Gasteiger partial charge in [-0.05, 0) is 38.5 Å². The first-order valence-corrected chi connectivity index (χ1v) is 7.23. The third-order valence-electron chi connectivity index (χ3n) is 4.16. The predicted molar refractivity (Wildman–Crippen MR) is 69.1 cm³/mol. The molecule has 0 N–H and O–H groups in total. The Morgan fingerprint density at radius 2 is 1.94 bits per heavy atom. The molecule has 0 bridgehead atoms. The van der Waals surface area contributed by atoms with Crippen molar-refractivity contribution in [3.05, 3.63) is 11.7 Å². The monoisotopic (exact) mass is 249 g/mol. The number of nitrogens with zero attached hydrogens (tertiary/aromatic N) is 3. The van der Waals surface area contributed by atoms with Gasteiger partial charge < -0.3 is 4.52 Å². The Morgan fingerprint density at radius 3 is 2.44 bits per heavy atom. The zero-order valence-corrected chi connectivity index (χ0v) is 11.6. The fourth-order valence-corrected chi connectivity index (χ4v) is 2.58. The van der Waals surface area contributed by atoms with E-state index < -0.39 is 0 Å². The zero-order chi connectivity index (χ0) is 12.7. The van der Waals surface area contributed by atoms with Crippen LogP contribution in [0.1, 0.15) is 64.1 Å². The number of aromatic nitrogens is 2. The van der Waals surface area contributed by atoms with Gasteiger partial charge in [0.05, 0.1) is 6.54 Å². The first-order chi connectivity index (χ1) is 8.65. The van der Waals surface area contributed by atoms with Crippen LogP contribution in [-0.4, -0.2) is 27.1 Å². The molecule has 0 spiro atoms. The van der Waals surface area contributed by atoms with E-state index in [1.54, 1.807) is 0 Å². The molecule has 1 aromatic heterocycles. The van der Waals surface area contributed by atoms with E-state index in [0.717, 1.165) is 30.2 Å². The van der Waals surface area contributed by atoms with Crippen LogP contribution in [0, 0.1) is 5.92 Å². The molecule has 2 saturated carbocycles. The lowest BCUT2D eigenvalue weighted by Gasteiger charge is -2.27. The lowest BCUT2D eigenvalue weighted by molar-refractivity contribution is 0.149. The van der Waals surface area contributed by atoms with Gasteiger partial charge in [-0.25, -0.2) is 0 Å². The molecule has 0 aromatic carbocycles. The van der Waals surface area contributed by atoms with E-state index >= 15 is 0 Å². The van der Waals surface area contributed by atoms with E-state index in [1.807, 2.05) is 0 Å². The van der Waals surface area contributed by atoms with Crippen molar-refractivity contribution in [3.63, 3.8) is 0 Å². The molecule has 0 aliphatic heterocycles. The summed E-state index contributed by atoms with van der Waals surface area (Å²) in [5.74, 6) is 2.87. The average Bonchev–Trinajstić information content (AvgIpc) is 3.23. The molecule has 1 heterocycles. The minimum Gasteiger partial charge on any atom is -0.338 e. The Hall–Kier alpha value is -0.900. The Bertz CT molecular complexity index is 407. The van der Waals surface area contributed by atoms with E-state index in [1.165, 1.54) is 25.7 Å². The molecule has 1 aromatic rings. The van der Waals surface area contributed by atoms with Crippen molar-refractivity contribution >= 4 is 0 Å². The van der Waals surface area contributed by atoms with Crippen LogP contribution < -0.4 is 0 Å².